The van der Waals surface area contributed by atoms with Crippen LogP contribution in [-0.2, 0) is 14.4 Å². The highest BCUT2D eigenvalue weighted by Gasteiger charge is 2.52. The second-order valence-electron chi connectivity index (χ2n) is 11.7. The van der Waals surface area contributed by atoms with E-state index in [0.717, 1.165) is 31.9 Å². The number of hydroxylamine groups is 2. The molecule has 3 atom stereocenters. The van der Waals surface area contributed by atoms with Crippen LogP contribution in [0.4, 0.5) is 16.2 Å². The fourth-order valence-electron chi connectivity index (χ4n) is 5.97. The molecule has 2 aromatic carbocycles. The summed E-state index contributed by atoms with van der Waals surface area (Å²) < 4.78 is 0. The molecule has 0 aliphatic carbocycles. The maximum absolute atomic E-state index is 13.8. The SMILES string of the molecule is CC(C)CC(NC(=O)c1ccc(N2CCN(C)CC2)cc1)C(=O)N1CCC2C1C(=O)CN2OC(=O)Nc1ccccc1. The minimum Gasteiger partial charge on any atom is -0.369 e. The number of likely N-dealkylation sites (N-methyl/N-ethyl adjacent to an activating group) is 1. The van der Waals surface area contributed by atoms with Gasteiger partial charge in [-0.2, -0.15) is 0 Å². The van der Waals surface area contributed by atoms with Gasteiger partial charge in [0.25, 0.3) is 5.91 Å². The third-order valence-corrected chi connectivity index (χ3v) is 8.19. The van der Waals surface area contributed by atoms with E-state index in [0.29, 0.717) is 30.6 Å². The monoisotopic (exact) mass is 576 g/mol. The molecule has 0 bridgehead atoms. The Hall–Kier alpha value is -3.96. The summed E-state index contributed by atoms with van der Waals surface area (Å²) in [5.74, 6) is -0.664. The van der Waals surface area contributed by atoms with E-state index in [9.17, 15) is 19.2 Å². The zero-order valence-electron chi connectivity index (χ0n) is 24.5. The summed E-state index contributed by atoms with van der Waals surface area (Å²) in [5.41, 5.74) is 2.13. The second kappa shape index (κ2) is 12.9. The highest BCUT2D eigenvalue weighted by Crippen LogP contribution is 2.31. The van der Waals surface area contributed by atoms with E-state index in [1.54, 1.807) is 41.3 Å². The van der Waals surface area contributed by atoms with E-state index in [1.165, 1.54) is 5.06 Å². The Balaban J connectivity index is 1.22. The number of piperazine rings is 1. The van der Waals surface area contributed by atoms with Gasteiger partial charge in [0.15, 0.2) is 5.78 Å². The molecule has 5 rings (SSSR count). The normalized spacial score (nSPS) is 21.8. The lowest BCUT2D eigenvalue weighted by Crippen LogP contribution is -2.52. The van der Waals surface area contributed by atoms with Gasteiger partial charge in [0.05, 0.1) is 12.6 Å². The summed E-state index contributed by atoms with van der Waals surface area (Å²) in [5, 5.41) is 6.96. The summed E-state index contributed by atoms with van der Waals surface area (Å²) in [6, 6.07) is 14.4. The average molecular weight is 577 g/mol. The number of nitrogens with zero attached hydrogens (tertiary/aromatic N) is 4. The maximum atomic E-state index is 13.8. The molecule has 11 nitrogen and oxygen atoms in total. The van der Waals surface area contributed by atoms with Crippen LogP contribution in [0.15, 0.2) is 54.6 Å². The van der Waals surface area contributed by atoms with Crippen LogP contribution in [0.5, 0.6) is 0 Å². The van der Waals surface area contributed by atoms with Crippen molar-refractivity contribution >= 4 is 35.1 Å². The van der Waals surface area contributed by atoms with Crippen LogP contribution < -0.4 is 15.5 Å². The average Bonchev–Trinajstić information content (AvgIpc) is 3.54. The van der Waals surface area contributed by atoms with Gasteiger partial charge >= 0.3 is 6.09 Å². The lowest BCUT2D eigenvalue weighted by Gasteiger charge is -2.34. The zero-order chi connectivity index (χ0) is 29.8. The summed E-state index contributed by atoms with van der Waals surface area (Å²) in [4.78, 5) is 64.2. The van der Waals surface area contributed by atoms with E-state index < -0.39 is 24.2 Å². The lowest BCUT2D eigenvalue weighted by atomic mass is 10.0. The van der Waals surface area contributed by atoms with Gasteiger partial charge in [-0.05, 0) is 62.2 Å². The topological polar surface area (TPSA) is 115 Å². The largest absolute Gasteiger partial charge is 0.430 e. The highest BCUT2D eigenvalue weighted by molar-refractivity contribution is 5.99. The number of carbonyl (C=O) groups excluding carboxylic acids is 4. The Morgan fingerprint density at radius 1 is 0.952 bits per heavy atom. The number of benzene rings is 2. The fraction of sp³-hybridized carbons (Fsp3) is 0.484. The van der Waals surface area contributed by atoms with E-state index >= 15 is 0 Å². The third-order valence-electron chi connectivity index (χ3n) is 8.19. The van der Waals surface area contributed by atoms with Gasteiger partial charge in [0, 0.05) is 49.7 Å². The number of rotatable bonds is 8. The minimum atomic E-state index is -0.780. The lowest BCUT2D eigenvalue weighted by molar-refractivity contribution is -0.138. The van der Waals surface area contributed by atoms with Crippen molar-refractivity contribution in [2.45, 2.75) is 44.8 Å². The number of hydrogen-bond acceptors (Lipinski definition) is 8. The van der Waals surface area contributed by atoms with Crippen molar-refractivity contribution in [3.63, 3.8) is 0 Å². The van der Waals surface area contributed by atoms with Gasteiger partial charge in [-0.15, -0.1) is 5.06 Å². The molecule has 2 N–H and O–H groups in total. The Morgan fingerprint density at radius 3 is 2.31 bits per heavy atom. The summed E-state index contributed by atoms with van der Waals surface area (Å²) in [6.45, 7) is 8.08. The van der Waals surface area contributed by atoms with Gasteiger partial charge in [0.1, 0.15) is 12.1 Å². The molecular weight excluding hydrogens is 536 g/mol. The Kier molecular flexibility index (Phi) is 9.08. The Labute approximate surface area is 246 Å². The van der Waals surface area contributed by atoms with Gasteiger partial charge in [-0.3, -0.25) is 19.7 Å². The van der Waals surface area contributed by atoms with Crippen LogP contribution in [0.1, 0.15) is 37.0 Å². The second-order valence-corrected chi connectivity index (χ2v) is 11.7. The van der Waals surface area contributed by atoms with Crippen LogP contribution in [-0.4, -0.2) is 103 Å². The third kappa shape index (κ3) is 6.74. The number of fused-ring (bicyclic) bond motifs is 1. The molecule has 3 fully saturated rings. The Bertz CT molecular complexity index is 1280. The predicted octanol–water partition coefficient (Wildman–Crippen LogP) is 2.60. The number of nitrogens with one attached hydrogen (secondary N) is 2. The first-order valence-electron chi connectivity index (χ1n) is 14.7. The first-order chi connectivity index (χ1) is 20.2. The van der Waals surface area contributed by atoms with Crippen LogP contribution in [0.3, 0.4) is 0 Å². The van der Waals surface area contributed by atoms with E-state index in [-0.39, 0.29) is 30.1 Å². The molecule has 3 unspecified atom stereocenters. The molecule has 3 aliphatic heterocycles. The summed E-state index contributed by atoms with van der Waals surface area (Å²) in [6.07, 6.45) is 0.228. The van der Waals surface area contributed by atoms with Gasteiger partial charge < -0.3 is 24.9 Å². The van der Waals surface area contributed by atoms with E-state index in [2.05, 4.69) is 27.5 Å². The molecule has 42 heavy (non-hydrogen) atoms. The molecular formula is C31H40N6O5. The molecule has 224 valence electrons. The number of hydrogen-bond donors (Lipinski definition) is 2. The summed E-state index contributed by atoms with van der Waals surface area (Å²) in [7, 11) is 2.11. The number of amides is 3. The van der Waals surface area contributed by atoms with Crippen molar-refractivity contribution in [3.05, 3.63) is 60.2 Å². The van der Waals surface area contributed by atoms with Crippen LogP contribution >= 0.6 is 0 Å². The molecule has 0 radical (unpaired) electrons. The van der Waals surface area contributed by atoms with Crippen molar-refractivity contribution in [1.82, 2.24) is 20.2 Å². The van der Waals surface area contributed by atoms with Crippen LogP contribution in [0.2, 0.25) is 0 Å². The maximum Gasteiger partial charge on any atom is 0.430 e. The van der Waals surface area contributed by atoms with Crippen LogP contribution in [0.25, 0.3) is 0 Å². The molecule has 11 heteroatoms. The van der Waals surface area contributed by atoms with Gasteiger partial charge in [0.2, 0.25) is 5.91 Å². The smallest absolute Gasteiger partial charge is 0.369 e. The van der Waals surface area contributed by atoms with E-state index in [1.807, 2.05) is 32.0 Å². The fourth-order valence-corrected chi connectivity index (χ4v) is 5.97. The van der Waals surface area contributed by atoms with Crippen molar-refractivity contribution in [1.29, 1.82) is 0 Å². The first-order valence-corrected chi connectivity index (χ1v) is 14.7. The van der Waals surface area contributed by atoms with Crippen molar-refractivity contribution in [2.75, 3.05) is 56.5 Å². The Morgan fingerprint density at radius 2 is 1.64 bits per heavy atom. The number of likely N-dealkylation sites (tertiary alicyclic amines) is 1. The molecule has 3 heterocycles. The number of para-hydroxylation sites is 1. The number of anilines is 2. The molecule has 2 aromatic rings. The zero-order valence-corrected chi connectivity index (χ0v) is 24.5. The molecule has 3 amide bonds. The molecule has 0 saturated carbocycles. The van der Waals surface area contributed by atoms with Crippen molar-refractivity contribution in [3.8, 4) is 0 Å². The standard InChI is InChI=1S/C31H40N6O5/c1-21(2)19-25(33-29(39)22-9-11-24(12-10-22)35-17-15-34(3)16-18-35)30(40)36-14-13-26-28(36)27(38)20-37(26)42-31(41)32-23-7-5-4-6-8-23/h4-12,21,25-26,28H,13-20H2,1-3H3,(H,32,41)(H,33,39). The van der Waals surface area contributed by atoms with Gasteiger partial charge in [-0.1, -0.05) is 32.0 Å². The van der Waals surface area contributed by atoms with Crippen molar-refractivity contribution in [2.24, 2.45) is 5.92 Å². The molecule has 3 aliphatic rings. The summed E-state index contributed by atoms with van der Waals surface area (Å²) >= 11 is 0. The number of Topliss-reactive ketones (excluding diaryl/α,β-unsaturated/α-hetero) is 1. The molecule has 0 spiro atoms. The highest BCUT2D eigenvalue weighted by atomic mass is 16.7. The number of carbonyl (C=O) groups is 4. The first kappa shape index (κ1) is 29.5. The predicted molar refractivity (Wildman–Crippen MR) is 159 cm³/mol. The van der Waals surface area contributed by atoms with Gasteiger partial charge in [-0.25, -0.2) is 4.79 Å². The molecule has 3 saturated heterocycles. The van der Waals surface area contributed by atoms with Crippen molar-refractivity contribution < 1.29 is 24.0 Å². The minimum absolute atomic E-state index is 0.0951. The number of ketones is 1. The van der Waals surface area contributed by atoms with Crippen LogP contribution in [0, 0.1) is 5.92 Å². The molecule has 0 aromatic heterocycles. The quantitative estimate of drug-likeness (QED) is 0.493. The van der Waals surface area contributed by atoms with E-state index in [4.69, 9.17) is 4.84 Å².